The van der Waals surface area contributed by atoms with E-state index in [1.807, 2.05) is 0 Å². The van der Waals surface area contributed by atoms with Gasteiger partial charge in [0.2, 0.25) is 17.7 Å². The Hall–Kier alpha value is -2.20. The van der Waals surface area contributed by atoms with E-state index in [-0.39, 0.29) is 5.33 Å². The molecule has 0 spiro atoms. The molecule has 3 fully saturated rings. The zero-order valence-electron chi connectivity index (χ0n) is 26.7. The van der Waals surface area contributed by atoms with Crippen molar-refractivity contribution < 1.29 is 93.9 Å². The molecule has 3 rings (SSSR count). The van der Waals surface area contributed by atoms with Gasteiger partial charge in [-0.3, -0.25) is 14.4 Å². The molecule has 3 aliphatic rings. The molecule has 23 heteroatoms. The van der Waals surface area contributed by atoms with E-state index in [1.165, 1.54) is 0 Å². The van der Waals surface area contributed by atoms with Crippen LogP contribution in [0.25, 0.3) is 0 Å². The summed E-state index contributed by atoms with van der Waals surface area (Å²) in [6.45, 7) is -0.782. The number of halogens is 1. The average molecular weight is 795 g/mol. The van der Waals surface area contributed by atoms with Crippen LogP contribution in [0.2, 0.25) is 0 Å². The Balaban J connectivity index is 1.96. The zero-order chi connectivity index (χ0) is 37.7. The lowest BCUT2D eigenvalue weighted by atomic mass is 9.88. The second-order valence-electron chi connectivity index (χ2n) is 12.0. The number of amides is 3. The summed E-state index contributed by atoms with van der Waals surface area (Å²) < 4.78 is 28.1. The number of carbonyl (C=O) groups excluding carboxylic acids is 3. The van der Waals surface area contributed by atoms with E-state index < -0.39 is 147 Å². The lowest BCUT2D eigenvalue weighted by Gasteiger charge is -2.51. The monoisotopic (exact) mass is 793 g/mol. The molecule has 3 aliphatic heterocycles. The molecule has 13 N–H and O–H groups in total. The summed E-state index contributed by atoms with van der Waals surface area (Å²) in [4.78, 5) is 48.5. The normalized spacial score (nSPS) is 40.3. The van der Waals surface area contributed by atoms with Crippen LogP contribution < -0.4 is 16.0 Å². The molecular weight excluding hydrogens is 750 g/mol. The van der Waals surface area contributed by atoms with E-state index in [4.69, 9.17) is 23.7 Å². The number of carboxylic acid groups (broad SMARTS) is 1. The molecule has 0 aromatic carbocycles. The molecule has 0 unspecified atom stereocenters. The van der Waals surface area contributed by atoms with Crippen LogP contribution in [0.3, 0.4) is 0 Å². The number of aliphatic carboxylic acids is 1. The number of alkyl halides is 1. The summed E-state index contributed by atoms with van der Waals surface area (Å²) in [5.74, 6) is -7.09. The highest BCUT2D eigenvalue weighted by Crippen LogP contribution is 2.38. The molecule has 0 radical (unpaired) electrons. The van der Waals surface area contributed by atoms with Gasteiger partial charge in [0.1, 0.15) is 67.1 Å². The number of carboxylic acids is 1. The summed E-state index contributed by atoms with van der Waals surface area (Å²) in [7, 11) is 0. The average Bonchev–Trinajstić information content (AvgIpc) is 3.06. The van der Waals surface area contributed by atoms with Crippen molar-refractivity contribution in [2.24, 2.45) is 0 Å². The molecule has 16 atom stereocenters. The first-order chi connectivity index (χ1) is 23.4. The Labute approximate surface area is 292 Å². The van der Waals surface area contributed by atoms with Gasteiger partial charge in [0.15, 0.2) is 12.5 Å². The van der Waals surface area contributed by atoms with Gasteiger partial charge in [-0.2, -0.15) is 0 Å². The summed E-state index contributed by atoms with van der Waals surface area (Å²) in [6.07, 6.45) is -25.4. The highest BCUT2D eigenvalue weighted by molar-refractivity contribution is 9.09. The summed E-state index contributed by atoms with van der Waals surface area (Å²) in [5, 5.41) is 112. The molecule has 3 heterocycles. The third kappa shape index (κ3) is 9.42. The van der Waals surface area contributed by atoms with Gasteiger partial charge in [-0.1, -0.05) is 15.9 Å². The van der Waals surface area contributed by atoms with Crippen molar-refractivity contribution in [3.8, 4) is 0 Å². The SMILES string of the molecule is CC(=O)N[C@@H]1[C@@H](O)[C@H](O[C@@H]2O[C@H](CO)[C@H](O)[C@H](O[C@]3(C(=O)O)C[C@H](O)[C@@H](NC(C)=O)[C@H]([C@H](O)[C@H](O)CO)O3)[C@H]2O)[C@@H](CO)O[C@H]1NC(=O)CBr. The zero-order valence-corrected chi connectivity index (χ0v) is 28.3. The first kappa shape index (κ1) is 42.2. The number of aliphatic hydroxyl groups excluding tert-OH is 9. The van der Waals surface area contributed by atoms with Crippen LogP contribution in [0.4, 0.5) is 0 Å². The molecule has 288 valence electrons. The van der Waals surface area contributed by atoms with Crippen molar-refractivity contribution in [3.05, 3.63) is 0 Å². The molecule has 0 aromatic heterocycles. The first-order valence-electron chi connectivity index (χ1n) is 15.3. The van der Waals surface area contributed by atoms with Gasteiger partial charge < -0.3 is 90.7 Å². The number of carbonyl (C=O) groups is 4. The minimum absolute atomic E-state index is 0.192. The van der Waals surface area contributed by atoms with Crippen LogP contribution in [-0.4, -0.2) is 197 Å². The first-order valence-corrected chi connectivity index (χ1v) is 16.4. The fourth-order valence-electron chi connectivity index (χ4n) is 5.91. The predicted octanol–water partition coefficient (Wildman–Crippen LogP) is -7.56. The van der Waals surface area contributed by atoms with E-state index in [0.717, 1.165) is 13.8 Å². The summed E-state index contributed by atoms with van der Waals surface area (Å²) >= 11 is 2.95. The number of nitrogens with one attached hydrogen (secondary N) is 3. The highest BCUT2D eigenvalue weighted by Gasteiger charge is 2.60. The lowest BCUT2D eigenvalue weighted by molar-refractivity contribution is -0.379. The molecule has 3 amide bonds. The van der Waals surface area contributed by atoms with E-state index >= 15 is 0 Å². The van der Waals surface area contributed by atoms with Crippen LogP contribution in [0.1, 0.15) is 20.3 Å². The van der Waals surface area contributed by atoms with Crippen molar-refractivity contribution in [3.63, 3.8) is 0 Å². The van der Waals surface area contributed by atoms with Crippen molar-refractivity contribution in [2.45, 2.75) is 118 Å². The number of hydrogen-bond donors (Lipinski definition) is 13. The predicted molar refractivity (Wildman–Crippen MR) is 161 cm³/mol. The van der Waals surface area contributed by atoms with Gasteiger partial charge in [-0.25, -0.2) is 4.79 Å². The Bertz CT molecular complexity index is 1190. The van der Waals surface area contributed by atoms with Gasteiger partial charge in [0, 0.05) is 20.3 Å². The van der Waals surface area contributed by atoms with Crippen molar-refractivity contribution in [1.82, 2.24) is 16.0 Å². The Kier molecular flexibility index (Phi) is 15.2. The molecule has 0 aliphatic carbocycles. The Morgan fingerprint density at radius 2 is 1.46 bits per heavy atom. The van der Waals surface area contributed by atoms with Gasteiger partial charge in [0.25, 0.3) is 5.79 Å². The van der Waals surface area contributed by atoms with Crippen LogP contribution in [-0.2, 0) is 42.9 Å². The number of ether oxygens (including phenoxy) is 5. The summed E-state index contributed by atoms with van der Waals surface area (Å²) in [6, 6.07) is -2.97. The van der Waals surface area contributed by atoms with Crippen LogP contribution in [0, 0.1) is 0 Å². The van der Waals surface area contributed by atoms with Gasteiger partial charge >= 0.3 is 5.97 Å². The lowest BCUT2D eigenvalue weighted by Crippen LogP contribution is -2.71. The number of hydrogen-bond acceptors (Lipinski definition) is 18. The second-order valence-corrected chi connectivity index (χ2v) is 12.5. The Morgan fingerprint density at radius 1 is 0.860 bits per heavy atom. The van der Waals surface area contributed by atoms with Crippen molar-refractivity contribution in [2.75, 3.05) is 25.2 Å². The third-order valence-electron chi connectivity index (χ3n) is 8.32. The fourth-order valence-corrected chi connectivity index (χ4v) is 6.08. The minimum Gasteiger partial charge on any atom is -0.477 e. The molecule has 0 saturated carbocycles. The standard InChI is InChI=1S/C27H44BrN3O19/c1-8(35)29-15-10(37)3-27(26(44)45,49-22(15)17(40)11(38)5-32)50-23-18(41)12(6-33)47-25(20(23)43)48-21-13(7-34)46-24(31-14(39)4-28)16(19(21)42)30-9(2)36/h10-13,15-25,32-34,37-38,40-43H,3-7H2,1-2H3,(H,29,35)(H,30,36)(H,31,39)(H,44,45)/t10-,11+,12+,13+,15+,16+,17+,18-,19+,20+,21+,22+,23-,24+,25-,27-/m0/s1. The quantitative estimate of drug-likeness (QED) is 0.0726. The van der Waals surface area contributed by atoms with Crippen LogP contribution in [0.5, 0.6) is 0 Å². The second kappa shape index (κ2) is 18.0. The van der Waals surface area contributed by atoms with Crippen molar-refractivity contribution >= 4 is 39.6 Å². The third-order valence-corrected chi connectivity index (χ3v) is 8.83. The van der Waals surface area contributed by atoms with Gasteiger partial charge in [-0.05, 0) is 0 Å². The van der Waals surface area contributed by atoms with E-state index in [0.29, 0.717) is 0 Å². The molecule has 0 bridgehead atoms. The maximum Gasteiger partial charge on any atom is 0.364 e. The molecule has 22 nitrogen and oxygen atoms in total. The van der Waals surface area contributed by atoms with E-state index in [2.05, 4.69) is 31.9 Å². The highest BCUT2D eigenvalue weighted by atomic mass is 79.9. The summed E-state index contributed by atoms with van der Waals surface area (Å²) in [5.41, 5.74) is 0. The number of aliphatic hydroxyl groups is 9. The van der Waals surface area contributed by atoms with Crippen LogP contribution >= 0.6 is 15.9 Å². The molecule has 50 heavy (non-hydrogen) atoms. The number of rotatable bonds is 14. The van der Waals surface area contributed by atoms with Crippen LogP contribution in [0.15, 0.2) is 0 Å². The van der Waals surface area contributed by atoms with E-state index in [1.54, 1.807) is 0 Å². The Morgan fingerprint density at radius 3 is 1.98 bits per heavy atom. The smallest absolute Gasteiger partial charge is 0.364 e. The maximum absolute atomic E-state index is 12.7. The maximum atomic E-state index is 12.7. The fraction of sp³-hybridized carbons (Fsp3) is 0.852. The van der Waals surface area contributed by atoms with Gasteiger partial charge in [0.05, 0.1) is 37.3 Å². The van der Waals surface area contributed by atoms with E-state index in [9.17, 15) is 70.2 Å². The van der Waals surface area contributed by atoms with Gasteiger partial charge in [-0.15, -0.1) is 0 Å². The molecule has 3 saturated heterocycles. The molecule has 0 aromatic rings. The van der Waals surface area contributed by atoms with Crippen molar-refractivity contribution in [1.29, 1.82) is 0 Å². The topological polar surface area (TPSA) is 353 Å². The molecular formula is C27H44BrN3O19. The largest absolute Gasteiger partial charge is 0.477 e. The minimum atomic E-state index is -3.05.